The fraction of sp³-hybridized carbons (Fsp3) is 0.400. The number of aryl methyl sites for hydroxylation is 1. The summed E-state index contributed by atoms with van der Waals surface area (Å²) < 4.78 is 0.915. The molecule has 0 radical (unpaired) electrons. The first-order valence-corrected chi connectivity index (χ1v) is 9.99. The Morgan fingerprint density at radius 2 is 1.75 bits per heavy atom. The predicted molar refractivity (Wildman–Crippen MR) is 107 cm³/mol. The van der Waals surface area contributed by atoms with E-state index in [1.54, 1.807) is 6.07 Å². The summed E-state index contributed by atoms with van der Waals surface area (Å²) in [6.45, 7) is 1.74. The first-order valence-electron chi connectivity index (χ1n) is 9.19. The number of benzene rings is 1. The van der Waals surface area contributed by atoms with Crippen LogP contribution < -0.4 is 10.6 Å². The van der Waals surface area contributed by atoms with Gasteiger partial charge in [-0.3, -0.25) is 24.1 Å². The van der Waals surface area contributed by atoms with Gasteiger partial charge in [0.15, 0.2) is 0 Å². The summed E-state index contributed by atoms with van der Waals surface area (Å²) in [4.78, 5) is 50.0. The average molecular weight is 448 g/mol. The maximum absolute atomic E-state index is 12.4. The highest BCUT2D eigenvalue weighted by Gasteiger charge is 2.46. The van der Waals surface area contributed by atoms with Crippen LogP contribution in [0.15, 0.2) is 34.8 Å². The lowest BCUT2D eigenvalue weighted by Gasteiger charge is -2.14. The lowest BCUT2D eigenvalue weighted by atomic mass is 9.85. The topological polar surface area (TPSA) is 95.6 Å². The Bertz CT molecular complexity index is 826. The van der Waals surface area contributed by atoms with Crippen molar-refractivity contribution in [1.29, 1.82) is 0 Å². The number of carbonyl (C=O) groups is 4. The van der Waals surface area contributed by atoms with Crippen molar-refractivity contribution in [1.82, 2.24) is 10.2 Å². The summed E-state index contributed by atoms with van der Waals surface area (Å²) in [5, 5.41) is 5.27. The molecule has 4 amide bonds. The molecule has 1 aromatic rings. The van der Waals surface area contributed by atoms with E-state index >= 15 is 0 Å². The zero-order valence-electron chi connectivity index (χ0n) is 15.5. The maximum Gasteiger partial charge on any atom is 0.243 e. The number of hydrogen-bond acceptors (Lipinski definition) is 4. The van der Waals surface area contributed by atoms with E-state index in [4.69, 9.17) is 0 Å². The molecule has 0 spiro atoms. The van der Waals surface area contributed by atoms with Gasteiger partial charge in [-0.2, -0.15) is 0 Å². The summed E-state index contributed by atoms with van der Waals surface area (Å²) in [6.07, 6.45) is 4.98. The quantitative estimate of drug-likeness (QED) is 0.515. The molecule has 2 unspecified atom stereocenters. The predicted octanol–water partition coefficient (Wildman–Crippen LogP) is 2.15. The lowest BCUT2D eigenvalue weighted by molar-refractivity contribution is -0.140. The second kappa shape index (κ2) is 8.68. The second-order valence-electron chi connectivity index (χ2n) is 7.02. The molecule has 148 valence electrons. The molecule has 1 aliphatic heterocycles. The SMILES string of the molecule is Cc1cc(Br)ccc1NC(=O)CNC(=O)CCN1C(=O)C2CC=CCC2C1=O. The van der Waals surface area contributed by atoms with Crippen molar-refractivity contribution < 1.29 is 19.2 Å². The minimum atomic E-state index is -0.378. The molecule has 7 nitrogen and oxygen atoms in total. The van der Waals surface area contributed by atoms with Gasteiger partial charge in [0.1, 0.15) is 0 Å². The Balaban J connectivity index is 1.44. The van der Waals surface area contributed by atoms with E-state index in [0.717, 1.165) is 10.0 Å². The Morgan fingerprint density at radius 1 is 1.11 bits per heavy atom. The van der Waals surface area contributed by atoms with E-state index < -0.39 is 0 Å². The molecule has 0 saturated carbocycles. The number of carbonyl (C=O) groups excluding carboxylic acids is 4. The number of fused-ring (bicyclic) bond motifs is 1. The van der Waals surface area contributed by atoms with E-state index in [1.807, 2.05) is 31.2 Å². The van der Waals surface area contributed by atoms with Gasteiger partial charge in [0.05, 0.1) is 18.4 Å². The zero-order valence-corrected chi connectivity index (χ0v) is 17.1. The smallest absolute Gasteiger partial charge is 0.243 e. The van der Waals surface area contributed by atoms with Crippen molar-refractivity contribution in [3.63, 3.8) is 0 Å². The van der Waals surface area contributed by atoms with Gasteiger partial charge in [0, 0.05) is 23.1 Å². The van der Waals surface area contributed by atoms with Gasteiger partial charge in [-0.25, -0.2) is 0 Å². The van der Waals surface area contributed by atoms with Crippen LogP contribution in [0.3, 0.4) is 0 Å². The summed E-state index contributed by atoms with van der Waals surface area (Å²) in [5.74, 6) is -1.70. The van der Waals surface area contributed by atoms with Gasteiger partial charge < -0.3 is 10.6 Å². The fourth-order valence-electron chi connectivity index (χ4n) is 3.53. The zero-order chi connectivity index (χ0) is 20.3. The summed E-state index contributed by atoms with van der Waals surface area (Å²) in [5.41, 5.74) is 1.57. The van der Waals surface area contributed by atoms with Crippen molar-refractivity contribution in [3.05, 3.63) is 40.4 Å². The highest BCUT2D eigenvalue weighted by Crippen LogP contribution is 2.34. The highest BCUT2D eigenvalue weighted by molar-refractivity contribution is 9.10. The van der Waals surface area contributed by atoms with Crippen molar-refractivity contribution in [2.45, 2.75) is 26.2 Å². The Kier molecular flexibility index (Phi) is 6.28. The molecule has 0 aromatic heterocycles. The lowest BCUT2D eigenvalue weighted by Crippen LogP contribution is -2.37. The number of likely N-dealkylation sites (tertiary alicyclic amines) is 1. The molecule has 1 fully saturated rings. The molecular weight excluding hydrogens is 426 g/mol. The van der Waals surface area contributed by atoms with Gasteiger partial charge in [-0.15, -0.1) is 0 Å². The normalized spacial score (nSPS) is 20.9. The van der Waals surface area contributed by atoms with Crippen LogP contribution in [0.1, 0.15) is 24.8 Å². The molecule has 1 aliphatic carbocycles. The number of nitrogens with zero attached hydrogens (tertiary/aromatic N) is 1. The number of hydrogen-bond donors (Lipinski definition) is 2. The van der Waals surface area contributed by atoms with Gasteiger partial charge in [0.25, 0.3) is 0 Å². The van der Waals surface area contributed by atoms with Gasteiger partial charge in [-0.05, 0) is 43.5 Å². The standard InChI is InChI=1S/C20H22BrN3O4/c1-12-10-13(21)6-7-16(12)23-18(26)11-22-17(25)8-9-24-19(27)14-4-2-3-5-15(14)20(24)28/h2-3,6-7,10,14-15H,4-5,8-9,11H2,1H3,(H,22,25)(H,23,26). The number of nitrogens with one attached hydrogen (secondary N) is 2. The third-order valence-corrected chi connectivity index (χ3v) is 5.56. The molecule has 28 heavy (non-hydrogen) atoms. The van der Waals surface area contributed by atoms with Crippen molar-refractivity contribution in [2.75, 3.05) is 18.4 Å². The number of halogens is 1. The van der Waals surface area contributed by atoms with Crippen molar-refractivity contribution >= 4 is 45.2 Å². The number of imide groups is 1. The molecule has 3 rings (SSSR count). The Hall–Kier alpha value is -2.48. The number of rotatable bonds is 6. The Labute approximate surface area is 171 Å². The minimum Gasteiger partial charge on any atom is -0.347 e. The van der Waals surface area contributed by atoms with Gasteiger partial charge in [0.2, 0.25) is 23.6 Å². The molecule has 2 atom stereocenters. The Morgan fingerprint density at radius 3 is 2.36 bits per heavy atom. The van der Waals surface area contributed by atoms with Gasteiger partial charge in [-0.1, -0.05) is 28.1 Å². The molecule has 1 aromatic carbocycles. The first kappa shape index (κ1) is 20.3. The molecule has 2 aliphatic rings. The van der Waals surface area contributed by atoms with Crippen LogP contribution in [0.5, 0.6) is 0 Å². The fourth-order valence-corrected chi connectivity index (χ4v) is 4.01. The maximum atomic E-state index is 12.4. The van der Waals surface area contributed by atoms with Crippen molar-refractivity contribution in [3.8, 4) is 0 Å². The van der Waals surface area contributed by atoms with Gasteiger partial charge >= 0.3 is 0 Å². The van der Waals surface area contributed by atoms with Crippen molar-refractivity contribution in [2.24, 2.45) is 11.8 Å². The number of anilines is 1. The minimum absolute atomic E-state index is 0.0189. The summed E-state index contributed by atoms with van der Waals surface area (Å²) >= 11 is 3.36. The van der Waals surface area contributed by atoms with Crippen LogP contribution in [-0.4, -0.2) is 41.6 Å². The van der Waals surface area contributed by atoms with E-state index in [1.165, 1.54) is 4.90 Å². The second-order valence-corrected chi connectivity index (χ2v) is 7.93. The molecule has 1 heterocycles. The third-order valence-electron chi connectivity index (χ3n) is 5.07. The number of amides is 4. The molecule has 1 saturated heterocycles. The van der Waals surface area contributed by atoms with Crippen LogP contribution >= 0.6 is 15.9 Å². The first-order chi connectivity index (χ1) is 13.4. The van der Waals surface area contributed by atoms with Crippen LogP contribution in [0.25, 0.3) is 0 Å². The van der Waals surface area contributed by atoms with E-state index in [2.05, 4.69) is 26.6 Å². The number of allylic oxidation sites excluding steroid dienone is 2. The van der Waals surface area contributed by atoms with E-state index in [-0.39, 0.29) is 55.0 Å². The highest BCUT2D eigenvalue weighted by atomic mass is 79.9. The molecule has 0 bridgehead atoms. The van der Waals surface area contributed by atoms with Crippen LogP contribution in [0.2, 0.25) is 0 Å². The molecule has 8 heteroatoms. The average Bonchev–Trinajstić information content (AvgIpc) is 2.91. The molecular formula is C20H22BrN3O4. The largest absolute Gasteiger partial charge is 0.347 e. The summed E-state index contributed by atoms with van der Waals surface area (Å²) in [6, 6.07) is 5.47. The monoisotopic (exact) mass is 447 g/mol. The van der Waals surface area contributed by atoms with Crippen LogP contribution in [-0.2, 0) is 19.2 Å². The van der Waals surface area contributed by atoms with E-state index in [9.17, 15) is 19.2 Å². The van der Waals surface area contributed by atoms with Crippen LogP contribution in [0, 0.1) is 18.8 Å². The summed E-state index contributed by atoms with van der Waals surface area (Å²) in [7, 11) is 0. The van der Waals surface area contributed by atoms with Crippen LogP contribution in [0.4, 0.5) is 5.69 Å². The van der Waals surface area contributed by atoms with E-state index in [0.29, 0.717) is 18.5 Å². The molecule has 2 N–H and O–H groups in total. The third kappa shape index (κ3) is 4.49.